The minimum atomic E-state index is -1.22. The number of benzene rings is 10. The van der Waals surface area contributed by atoms with E-state index >= 15 is 0 Å². The first-order chi connectivity index (χ1) is 34.5. The van der Waals surface area contributed by atoms with E-state index < -0.39 is 12.3 Å². The highest BCUT2D eigenvalue weighted by atomic mass is 15.1. The Hall–Kier alpha value is -7.75. The maximum absolute atomic E-state index is 2.26. The molecule has 0 aliphatic carbocycles. The molecule has 0 aromatic heterocycles. The van der Waals surface area contributed by atoms with Crippen LogP contribution >= 0.6 is 0 Å². The van der Waals surface area contributed by atoms with Gasteiger partial charge in [-0.1, -0.05) is 279 Å². The number of para-hydroxylation sites is 2. The van der Waals surface area contributed by atoms with Crippen LogP contribution in [0.15, 0.2) is 303 Å². The van der Waals surface area contributed by atoms with E-state index in [0.717, 1.165) is 0 Å². The fourth-order valence-corrected chi connectivity index (χ4v) is 10.3. The van der Waals surface area contributed by atoms with Crippen molar-refractivity contribution >= 4 is 67.4 Å². The van der Waals surface area contributed by atoms with Crippen LogP contribution in [0, 0.1) is 0 Å². The lowest BCUT2D eigenvalue weighted by atomic mass is 9.13. The van der Waals surface area contributed by atoms with E-state index in [0.29, 0.717) is 0 Å². The normalized spacial score (nSPS) is 10.9. The maximum Gasteiger partial charge on any atom is 0.131 e. The lowest BCUT2D eigenvalue weighted by Gasteiger charge is -2.44. The third-order valence-electron chi connectivity index (χ3n) is 13.8. The van der Waals surface area contributed by atoms with Crippen molar-refractivity contribution in [2.24, 2.45) is 0 Å². The van der Waals surface area contributed by atoms with Gasteiger partial charge >= 0.3 is 0 Å². The average Bonchev–Trinajstić information content (AvgIpc) is 3.45. The third-order valence-corrected chi connectivity index (χ3v) is 13.8. The predicted octanol–water partition coefficient (Wildman–Crippen LogP) is 7.83. The molecule has 348 valence electrons. The van der Waals surface area contributed by atoms with Crippen molar-refractivity contribution in [2.75, 3.05) is 27.2 Å². The summed E-state index contributed by atoms with van der Waals surface area (Å²) in [5.74, 6) is 0. The van der Waals surface area contributed by atoms with Gasteiger partial charge in [0, 0.05) is 0 Å². The molecule has 0 heterocycles. The SMILES string of the molecule is CC[NH+](CC)c1ccccc1.C[NH+](C)c1ccccc1.c1ccc([B-](c2ccccc2)(c2ccccc2)c2ccccc2)cc1.c1ccc([B-](c2ccccc2)(c2ccccc2)c2ccccc2)cc1. The minimum Gasteiger partial charge on any atom is -0.307 e. The van der Waals surface area contributed by atoms with Crippen molar-refractivity contribution in [3.8, 4) is 0 Å². The highest BCUT2D eigenvalue weighted by molar-refractivity contribution is 7.20. The second-order valence-corrected chi connectivity index (χ2v) is 18.1. The molecule has 10 rings (SSSR count). The molecule has 4 heteroatoms. The van der Waals surface area contributed by atoms with E-state index in [9.17, 15) is 0 Å². The Morgan fingerprint density at radius 3 is 0.529 bits per heavy atom. The Bertz CT molecular complexity index is 2440. The summed E-state index contributed by atoms with van der Waals surface area (Å²) in [4.78, 5) is 2.92. The van der Waals surface area contributed by atoms with Gasteiger partial charge in [-0.15, -0.1) is 0 Å². The molecule has 2 nitrogen and oxygen atoms in total. The van der Waals surface area contributed by atoms with Crippen molar-refractivity contribution in [1.82, 2.24) is 0 Å². The number of hydrogen-bond donors (Lipinski definition) is 2. The molecule has 0 aliphatic heterocycles. The van der Waals surface area contributed by atoms with Crippen LogP contribution in [0.2, 0.25) is 0 Å². The molecule has 70 heavy (non-hydrogen) atoms. The summed E-state index contributed by atoms with van der Waals surface area (Å²) in [7, 11) is 4.24. The average molecular weight is 911 g/mol. The van der Waals surface area contributed by atoms with Gasteiger partial charge < -0.3 is 9.80 Å². The van der Waals surface area contributed by atoms with E-state index in [1.165, 1.54) is 73.1 Å². The Morgan fingerprint density at radius 2 is 0.386 bits per heavy atom. The molecule has 0 saturated carbocycles. The molecule has 0 radical (unpaired) electrons. The van der Waals surface area contributed by atoms with E-state index in [1.54, 1.807) is 4.90 Å². The van der Waals surface area contributed by atoms with Crippen molar-refractivity contribution < 1.29 is 9.80 Å². The second kappa shape index (κ2) is 26.1. The van der Waals surface area contributed by atoms with Gasteiger partial charge in [-0.05, 0) is 38.1 Å². The monoisotopic (exact) mass is 911 g/mol. The van der Waals surface area contributed by atoms with E-state index in [1.807, 2.05) is 6.07 Å². The molecular formula is C66H68B2N2. The van der Waals surface area contributed by atoms with Crippen molar-refractivity contribution in [1.29, 1.82) is 0 Å². The van der Waals surface area contributed by atoms with E-state index in [-0.39, 0.29) is 0 Å². The summed E-state index contributed by atoms with van der Waals surface area (Å²) in [6.45, 7) is 6.76. The van der Waals surface area contributed by atoms with E-state index in [2.05, 4.69) is 325 Å². The first-order valence-corrected chi connectivity index (χ1v) is 25.0. The van der Waals surface area contributed by atoms with Crippen LogP contribution in [0.1, 0.15) is 13.8 Å². The van der Waals surface area contributed by atoms with Gasteiger partial charge in [0.2, 0.25) is 0 Å². The molecular weight excluding hydrogens is 842 g/mol. The van der Waals surface area contributed by atoms with Gasteiger partial charge in [0.15, 0.2) is 0 Å². The first-order valence-electron chi connectivity index (χ1n) is 25.0. The second-order valence-electron chi connectivity index (χ2n) is 18.1. The van der Waals surface area contributed by atoms with Crippen LogP contribution in [0.3, 0.4) is 0 Å². The van der Waals surface area contributed by atoms with Gasteiger partial charge in [0.1, 0.15) is 23.7 Å². The van der Waals surface area contributed by atoms with Crippen LogP contribution in [0.4, 0.5) is 11.4 Å². The van der Waals surface area contributed by atoms with Gasteiger partial charge in [-0.2, -0.15) is 43.7 Å². The summed E-state index contributed by atoms with van der Waals surface area (Å²) in [5.41, 5.74) is 13.4. The summed E-state index contributed by atoms with van der Waals surface area (Å²) < 4.78 is 0. The van der Waals surface area contributed by atoms with Crippen LogP contribution in [-0.4, -0.2) is 39.5 Å². The molecule has 0 saturated heterocycles. The number of hydrogen-bond acceptors (Lipinski definition) is 0. The van der Waals surface area contributed by atoms with Crippen molar-refractivity contribution in [3.63, 3.8) is 0 Å². The van der Waals surface area contributed by atoms with Crippen molar-refractivity contribution in [3.05, 3.63) is 303 Å². The van der Waals surface area contributed by atoms with Crippen LogP contribution in [-0.2, 0) is 0 Å². The molecule has 0 spiro atoms. The summed E-state index contributed by atoms with van der Waals surface area (Å²) in [6, 6.07) is 108. The molecule has 10 aromatic rings. The quantitative estimate of drug-likeness (QED) is 0.116. The fraction of sp³-hybridized carbons (Fsp3) is 0.0909. The number of nitrogens with one attached hydrogen (secondary N) is 2. The Balaban J connectivity index is 0.000000150. The molecule has 0 bridgehead atoms. The molecule has 0 aliphatic rings. The Labute approximate surface area is 419 Å². The summed E-state index contributed by atoms with van der Waals surface area (Å²) in [5, 5.41) is 0. The zero-order valence-corrected chi connectivity index (χ0v) is 41.4. The molecule has 0 unspecified atom stereocenters. The largest absolute Gasteiger partial charge is 0.307 e. The number of quaternary nitrogens is 2. The summed E-state index contributed by atoms with van der Waals surface area (Å²) in [6.07, 6.45) is -2.43. The highest BCUT2D eigenvalue weighted by Crippen LogP contribution is 2.11. The van der Waals surface area contributed by atoms with Gasteiger partial charge in [0.05, 0.1) is 27.2 Å². The lowest BCUT2D eigenvalue weighted by Crippen LogP contribution is -3.06. The number of rotatable bonds is 12. The van der Waals surface area contributed by atoms with Gasteiger partial charge in [0.25, 0.3) is 0 Å². The zero-order valence-electron chi connectivity index (χ0n) is 41.4. The minimum absolute atomic E-state index is 1.17. The Morgan fingerprint density at radius 1 is 0.229 bits per heavy atom. The fourth-order valence-electron chi connectivity index (χ4n) is 10.3. The zero-order chi connectivity index (χ0) is 48.7. The molecule has 2 N–H and O–H groups in total. The molecule has 0 atom stereocenters. The van der Waals surface area contributed by atoms with Crippen LogP contribution in [0.25, 0.3) is 0 Å². The lowest BCUT2D eigenvalue weighted by molar-refractivity contribution is -0.828. The highest BCUT2D eigenvalue weighted by Gasteiger charge is 2.32. The molecule has 10 aromatic carbocycles. The van der Waals surface area contributed by atoms with Gasteiger partial charge in [-0.3, -0.25) is 0 Å². The summed E-state index contributed by atoms with van der Waals surface area (Å²) >= 11 is 0. The topological polar surface area (TPSA) is 8.88 Å². The van der Waals surface area contributed by atoms with Crippen molar-refractivity contribution in [2.45, 2.75) is 13.8 Å². The third kappa shape index (κ3) is 12.1. The smallest absolute Gasteiger partial charge is 0.131 e. The molecule has 0 fully saturated rings. The molecule has 0 amide bonds. The van der Waals surface area contributed by atoms with Crippen LogP contribution in [0.5, 0.6) is 0 Å². The van der Waals surface area contributed by atoms with Crippen LogP contribution < -0.4 is 53.5 Å². The standard InChI is InChI=1S/2C24H20B.C10H15N.C8H11N/c2*1-5-13-21(14-6-1)25(22-15-7-2-8-16-22,23-17-9-3-10-18-23)24-19-11-4-12-20-24;1-3-11(4-2)10-8-6-5-7-9-10;1-9(2)8-6-4-3-5-7-8/h2*1-20H;5-9H,3-4H2,1-2H3;3-7H,1-2H3/q2*-1;;/p+2. The maximum atomic E-state index is 2.26. The Kier molecular flexibility index (Phi) is 18.7. The predicted molar refractivity (Wildman–Crippen MR) is 307 cm³/mol. The van der Waals surface area contributed by atoms with Gasteiger partial charge in [-0.25, -0.2) is 0 Å². The first kappa shape index (κ1) is 50.1. The van der Waals surface area contributed by atoms with E-state index in [4.69, 9.17) is 0 Å².